The van der Waals surface area contributed by atoms with Crippen molar-refractivity contribution in [3.05, 3.63) is 24.3 Å². The molecule has 5 nitrogen and oxygen atoms in total. The van der Waals surface area contributed by atoms with Gasteiger partial charge in [0.25, 0.3) is 5.91 Å². The predicted molar refractivity (Wildman–Crippen MR) is 110 cm³/mol. The van der Waals surface area contributed by atoms with E-state index >= 15 is 0 Å². The second kappa shape index (κ2) is 10.7. The van der Waals surface area contributed by atoms with Gasteiger partial charge in [-0.3, -0.25) is 9.69 Å². The van der Waals surface area contributed by atoms with E-state index in [0.717, 1.165) is 24.4 Å². The van der Waals surface area contributed by atoms with Gasteiger partial charge in [-0.2, -0.15) is 0 Å². The summed E-state index contributed by atoms with van der Waals surface area (Å²) in [7, 11) is 0. The van der Waals surface area contributed by atoms with Crippen LogP contribution in [-0.4, -0.2) is 48.8 Å². The first-order valence-electron chi connectivity index (χ1n) is 10.4. The summed E-state index contributed by atoms with van der Waals surface area (Å²) in [5.74, 6) is 0.734. The molecule has 1 amide bonds. The van der Waals surface area contributed by atoms with Gasteiger partial charge in [-0.25, -0.2) is 0 Å². The monoisotopic (exact) mass is 376 g/mol. The van der Waals surface area contributed by atoms with Crippen LogP contribution in [0.4, 0.5) is 5.69 Å². The quantitative estimate of drug-likeness (QED) is 0.654. The molecule has 0 aliphatic carbocycles. The van der Waals surface area contributed by atoms with E-state index in [0.29, 0.717) is 25.7 Å². The van der Waals surface area contributed by atoms with E-state index < -0.39 is 5.60 Å². The number of anilines is 1. The topological polar surface area (TPSA) is 50.8 Å². The van der Waals surface area contributed by atoms with Gasteiger partial charge in [0.2, 0.25) is 0 Å². The Morgan fingerprint density at radius 2 is 2.00 bits per heavy atom. The van der Waals surface area contributed by atoms with Gasteiger partial charge in [-0.05, 0) is 70.8 Å². The van der Waals surface area contributed by atoms with Crippen LogP contribution in [0.2, 0.25) is 0 Å². The maximum absolute atomic E-state index is 12.6. The molecule has 1 aromatic carbocycles. The summed E-state index contributed by atoms with van der Waals surface area (Å²) in [5.41, 5.74) is -0.0249. The van der Waals surface area contributed by atoms with Gasteiger partial charge in [0, 0.05) is 24.9 Å². The van der Waals surface area contributed by atoms with Crippen LogP contribution < -0.4 is 10.1 Å². The number of carbonyl (C=O) groups excluding carboxylic acids is 1. The molecule has 0 bridgehead atoms. The number of carbonyl (C=O) groups is 1. The molecule has 2 rings (SSSR count). The molecule has 2 atom stereocenters. The van der Waals surface area contributed by atoms with Crippen molar-refractivity contribution in [2.24, 2.45) is 0 Å². The smallest absolute Gasteiger partial charge is 0.256 e. The molecule has 5 heteroatoms. The molecule has 152 valence electrons. The van der Waals surface area contributed by atoms with Gasteiger partial charge in [0.05, 0.1) is 0 Å². The van der Waals surface area contributed by atoms with Crippen molar-refractivity contribution in [1.82, 2.24) is 4.90 Å². The van der Waals surface area contributed by atoms with Gasteiger partial charge >= 0.3 is 0 Å². The highest BCUT2D eigenvalue weighted by atomic mass is 16.5. The molecular weight excluding hydrogens is 340 g/mol. The summed E-state index contributed by atoms with van der Waals surface area (Å²) in [4.78, 5) is 15.1. The largest absolute Gasteiger partial charge is 0.492 e. The number of hydrogen-bond acceptors (Lipinski definition) is 4. The number of rotatable bonds is 10. The summed E-state index contributed by atoms with van der Waals surface area (Å²) in [6.07, 6.45) is 5.51. The highest BCUT2D eigenvalue weighted by Crippen LogP contribution is 2.22. The average Bonchev–Trinajstić information content (AvgIpc) is 2.65. The molecule has 1 aromatic rings. The molecule has 1 N–H and O–H groups in total. The minimum absolute atomic E-state index is 0.0982. The van der Waals surface area contributed by atoms with Crippen molar-refractivity contribution < 1.29 is 14.3 Å². The second-order valence-corrected chi connectivity index (χ2v) is 7.62. The lowest BCUT2D eigenvalue weighted by Gasteiger charge is -2.33. The first-order valence-corrected chi connectivity index (χ1v) is 10.4. The molecule has 0 aromatic heterocycles. The fourth-order valence-electron chi connectivity index (χ4n) is 3.72. The zero-order valence-corrected chi connectivity index (χ0v) is 17.4. The number of amides is 1. The lowest BCUT2D eigenvalue weighted by molar-refractivity contribution is -0.139. The number of nitrogens with one attached hydrogen (secondary N) is 1. The maximum atomic E-state index is 12.6. The van der Waals surface area contributed by atoms with Crippen LogP contribution in [0.1, 0.15) is 59.8 Å². The Hall–Kier alpha value is -1.59. The average molecular weight is 377 g/mol. The Balaban J connectivity index is 1.82. The van der Waals surface area contributed by atoms with Crippen LogP contribution in [-0.2, 0) is 9.53 Å². The van der Waals surface area contributed by atoms with Gasteiger partial charge in [-0.1, -0.05) is 19.8 Å². The minimum atomic E-state index is -0.788. The molecule has 0 radical (unpaired) electrons. The van der Waals surface area contributed by atoms with E-state index in [9.17, 15) is 4.79 Å². The maximum Gasteiger partial charge on any atom is 0.256 e. The molecule has 1 heterocycles. The summed E-state index contributed by atoms with van der Waals surface area (Å²) < 4.78 is 11.6. The summed E-state index contributed by atoms with van der Waals surface area (Å²) >= 11 is 0. The number of ether oxygens (including phenoxy) is 2. The van der Waals surface area contributed by atoms with Crippen molar-refractivity contribution in [2.45, 2.75) is 71.4 Å². The van der Waals surface area contributed by atoms with E-state index in [-0.39, 0.29) is 5.91 Å². The first kappa shape index (κ1) is 21.7. The Morgan fingerprint density at radius 3 is 2.63 bits per heavy atom. The number of nitrogens with zero attached hydrogens (tertiary/aromatic N) is 1. The second-order valence-electron chi connectivity index (χ2n) is 7.62. The molecular formula is C22H36N2O3. The van der Waals surface area contributed by atoms with Gasteiger partial charge in [0.15, 0.2) is 0 Å². The van der Waals surface area contributed by atoms with E-state index in [1.54, 1.807) is 0 Å². The third-order valence-electron chi connectivity index (χ3n) is 5.37. The van der Waals surface area contributed by atoms with Crippen LogP contribution in [0.15, 0.2) is 24.3 Å². The molecule has 1 saturated heterocycles. The third-order valence-corrected chi connectivity index (χ3v) is 5.37. The van der Waals surface area contributed by atoms with E-state index in [1.807, 2.05) is 38.1 Å². The van der Waals surface area contributed by atoms with Crippen molar-refractivity contribution >= 4 is 11.6 Å². The highest BCUT2D eigenvalue weighted by molar-refractivity contribution is 5.97. The normalized spacial score (nSPS) is 20.1. The van der Waals surface area contributed by atoms with Gasteiger partial charge in [0.1, 0.15) is 18.0 Å². The molecule has 1 aliphatic rings. The molecule has 0 saturated carbocycles. The zero-order valence-electron chi connectivity index (χ0n) is 17.4. The summed E-state index contributed by atoms with van der Waals surface area (Å²) in [5, 5.41) is 2.97. The van der Waals surface area contributed by atoms with Gasteiger partial charge < -0.3 is 14.8 Å². The Bertz CT molecular complexity index is 567. The van der Waals surface area contributed by atoms with Crippen LogP contribution in [0.5, 0.6) is 5.75 Å². The Kier molecular flexibility index (Phi) is 8.58. The SMILES string of the molecule is CCC[C@](C)(OCC)C(=O)Nc1ccc(OCCN2CCCC[C@H]2C)cc1. The zero-order chi connectivity index (χ0) is 19.7. The van der Waals surface area contributed by atoms with E-state index in [1.165, 1.54) is 25.8 Å². The number of piperidine rings is 1. The summed E-state index contributed by atoms with van der Waals surface area (Å²) in [6.45, 7) is 11.5. The first-order chi connectivity index (χ1) is 13.0. The Labute approximate surface area is 164 Å². The van der Waals surface area contributed by atoms with Gasteiger partial charge in [-0.15, -0.1) is 0 Å². The van der Waals surface area contributed by atoms with Crippen molar-refractivity contribution in [3.63, 3.8) is 0 Å². The third kappa shape index (κ3) is 6.51. The predicted octanol–water partition coefficient (Wildman–Crippen LogP) is 4.47. The van der Waals surface area contributed by atoms with Crippen LogP contribution in [0.3, 0.4) is 0 Å². The fourth-order valence-corrected chi connectivity index (χ4v) is 3.72. The Morgan fingerprint density at radius 1 is 1.26 bits per heavy atom. The number of hydrogen-bond donors (Lipinski definition) is 1. The molecule has 0 unspecified atom stereocenters. The van der Waals surface area contributed by atoms with Crippen LogP contribution >= 0.6 is 0 Å². The van der Waals surface area contributed by atoms with Crippen LogP contribution in [0, 0.1) is 0 Å². The van der Waals surface area contributed by atoms with Crippen LogP contribution in [0.25, 0.3) is 0 Å². The lowest BCUT2D eigenvalue weighted by Crippen LogP contribution is -2.42. The summed E-state index contributed by atoms with van der Waals surface area (Å²) in [6, 6.07) is 8.24. The number of likely N-dealkylation sites (tertiary alicyclic amines) is 1. The van der Waals surface area contributed by atoms with Crippen molar-refractivity contribution in [1.29, 1.82) is 0 Å². The minimum Gasteiger partial charge on any atom is -0.492 e. The van der Waals surface area contributed by atoms with E-state index in [4.69, 9.17) is 9.47 Å². The van der Waals surface area contributed by atoms with Crippen molar-refractivity contribution in [2.75, 3.05) is 31.6 Å². The molecule has 1 aliphatic heterocycles. The standard InChI is InChI=1S/C22H36N2O3/c1-5-14-22(4,27-6-2)21(25)23-19-10-12-20(13-11-19)26-17-16-24-15-8-7-9-18(24)3/h10-13,18H,5-9,14-17H2,1-4H3,(H,23,25)/t18-,22+/m1/s1. The highest BCUT2D eigenvalue weighted by Gasteiger charge is 2.32. The number of benzene rings is 1. The van der Waals surface area contributed by atoms with E-state index in [2.05, 4.69) is 24.1 Å². The lowest BCUT2D eigenvalue weighted by atomic mass is 9.99. The fraction of sp³-hybridized carbons (Fsp3) is 0.682. The molecule has 27 heavy (non-hydrogen) atoms. The molecule has 0 spiro atoms. The molecule has 1 fully saturated rings. The van der Waals surface area contributed by atoms with Crippen molar-refractivity contribution in [3.8, 4) is 5.75 Å².